The molecule has 0 bridgehead atoms. The summed E-state index contributed by atoms with van der Waals surface area (Å²) in [6.07, 6.45) is 2.80. The molecule has 0 aliphatic carbocycles. The molecule has 2 aromatic carbocycles. The van der Waals surface area contributed by atoms with E-state index >= 15 is 0 Å². The van der Waals surface area contributed by atoms with Gasteiger partial charge in [-0.15, -0.1) is 11.3 Å². The molecule has 0 radical (unpaired) electrons. The lowest BCUT2D eigenvalue weighted by molar-refractivity contribution is -0.113. The van der Waals surface area contributed by atoms with Gasteiger partial charge >= 0.3 is 0 Å². The summed E-state index contributed by atoms with van der Waals surface area (Å²) in [6, 6.07) is 19.3. The van der Waals surface area contributed by atoms with Crippen LogP contribution in [0.25, 0.3) is 28.0 Å². The minimum atomic E-state index is -0.228. The van der Waals surface area contributed by atoms with Crippen molar-refractivity contribution in [3.63, 3.8) is 0 Å². The molecular formula is C29H27N5O2S2. The summed E-state index contributed by atoms with van der Waals surface area (Å²) < 4.78 is 1.46. The van der Waals surface area contributed by atoms with Crippen molar-refractivity contribution in [3.05, 3.63) is 93.7 Å². The Hall–Kier alpha value is -3.82. The van der Waals surface area contributed by atoms with Gasteiger partial charge in [0, 0.05) is 17.1 Å². The van der Waals surface area contributed by atoms with E-state index in [0.29, 0.717) is 32.9 Å². The van der Waals surface area contributed by atoms with Crippen molar-refractivity contribution in [1.29, 1.82) is 0 Å². The zero-order chi connectivity index (χ0) is 26.6. The molecule has 9 heteroatoms. The second-order valence-electron chi connectivity index (χ2n) is 9.05. The van der Waals surface area contributed by atoms with E-state index in [1.165, 1.54) is 33.2 Å². The summed E-state index contributed by atoms with van der Waals surface area (Å²) in [4.78, 5) is 39.9. The molecule has 3 heterocycles. The fourth-order valence-corrected chi connectivity index (χ4v) is 5.51. The monoisotopic (exact) mass is 541 g/mol. The van der Waals surface area contributed by atoms with Gasteiger partial charge in [-0.3, -0.25) is 9.59 Å². The lowest BCUT2D eigenvalue weighted by atomic mass is 9.97. The molecule has 5 aromatic rings. The van der Waals surface area contributed by atoms with Crippen LogP contribution in [-0.2, 0) is 4.79 Å². The lowest BCUT2D eigenvalue weighted by Gasteiger charge is -2.12. The molecule has 5 rings (SSSR count). The number of hydrogen-bond donors (Lipinski definition) is 1. The Labute approximate surface area is 229 Å². The van der Waals surface area contributed by atoms with Crippen molar-refractivity contribution in [2.75, 3.05) is 11.1 Å². The number of carbonyl (C=O) groups excluding carboxylic acids is 1. The standard InChI is InChI=1S/C29H27N5O2S2/c1-4-19(3)20-10-12-21(13-11-20)24-16-37-28(31-24)33-26(35)17-38-29-32-23-8-6-5-7-22(23)27(36)34(29)25-14-9-18(2)15-30-25/h5-16,19H,4,17H2,1-3H3,(H,31,33,35). The highest BCUT2D eigenvalue weighted by Gasteiger charge is 2.16. The van der Waals surface area contributed by atoms with Crippen LogP contribution in [0, 0.1) is 6.92 Å². The number of rotatable bonds is 8. The Morgan fingerprint density at radius 1 is 1.08 bits per heavy atom. The number of nitrogens with zero attached hydrogens (tertiary/aromatic N) is 4. The average Bonchev–Trinajstić information content (AvgIpc) is 3.40. The van der Waals surface area contributed by atoms with Crippen molar-refractivity contribution in [2.24, 2.45) is 0 Å². The zero-order valence-electron chi connectivity index (χ0n) is 21.3. The highest BCUT2D eigenvalue weighted by molar-refractivity contribution is 7.99. The lowest BCUT2D eigenvalue weighted by Crippen LogP contribution is -2.23. The number of hydrogen-bond acceptors (Lipinski definition) is 7. The molecule has 0 spiro atoms. The Balaban J connectivity index is 1.33. The third kappa shape index (κ3) is 5.54. The van der Waals surface area contributed by atoms with Gasteiger partial charge in [0.1, 0.15) is 5.82 Å². The maximum Gasteiger partial charge on any atom is 0.267 e. The number of amides is 1. The van der Waals surface area contributed by atoms with E-state index in [1.54, 1.807) is 30.5 Å². The van der Waals surface area contributed by atoms with Crippen molar-refractivity contribution < 1.29 is 4.79 Å². The molecule has 1 N–H and O–H groups in total. The van der Waals surface area contributed by atoms with Gasteiger partial charge in [0.25, 0.3) is 5.56 Å². The number of thiazole rings is 1. The van der Waals surface area contributed by atoms with Crippen LogP contribution in [0.1, 0.15) is 37.3 Å². The van der Waals surface area contributed by atoms with Crippen LogP contribution in [0.5, 0.6) is 0 Å². The smallest absolute Gasteiger partial charge is 0.267 e. The van der Waals surface area contributed by atoms with Crippen molar-refractivity contribution in [1.82, 2.24) is 19.5 Å². The number of thioether (sulfide) groups is 1. The van der Waals surface area contributed by atoms with E-state index in [1.807, 2.05) is 24.4 Å². The number of aromatic nitrogens is 4. The van der Waals surface area contributed by atoms with E-state index in [0.717, 1.165) is 23.2 Å². The Bertz CT molecular complexity index is 1640. The van der Waals surface area contributed by atoms with E-state index in [-0.39, 0.29) is 17.2 Å². The molecule has 192 valence electrons. The SMILES string of the molecule is CCC(C)c1ccc(-c2csc(NC(=O)CSc3nc4ccccc4c(=O)n3-c3ccc(C)cn3)n2)cc1. The fourth-order valence-electron chi connectivity index (χ4n) is 3.97. The van der Waals surface area contributed by atoms with Crippen molar-refractivity contribution in [2.45, 2.75) is 38.3 Å². The Kier molecular flexibility index (Phi) is 7.67. The van der Waals surface area contributed by atoms with E-state index < -0.39 is 0 Å². The van der Waals surface area contributed by atoms with Gasteiger partial charge in [-0.05, 0) is 48.6 Å². The van der Waals surface area contributed by atoms with E-state index in [4.69, 9.17) is 0 Å². The maximum atomic E-state index is 13.3. The van der Waals surface area contributed by atoms with Crippen LogP contribution in [0.2, 0.25) is 0 Å². The Morgan fingerprint density at radius 3 is 2.61 bits per heavy atom. The highest BCUT2D eigenvalue weighted by Crippen LogP contribution is 2.28. The van der Waals surface area contributed by atoms with Crippen molar-refractivity contribution >= 4 is 45.0 Å². The number of pyridine rings is 1. The van der Waals surface area contributed by atoms with Crippen LogP contribution < -0.4 is 10.9 Å². The highest BCUT2D eigenvalue weighted by atomic mass is 32.2. The van der Waals surface area contributed by atoms with Gasteiger partial charge in [0.15, 0.2) is 10.3 Å². The summed E-state index contributed by atoms with van der Waals surface area (Å²) in [5.41, 5.74) is 4.48. The number of benzene rings is 2. The van der Waals surface area contributed by atoms with Crippen LogP contribution in [0.4, 0.5) is 5.13 Å². The predicted octanol–water partition coefficient (Wildman–Crippen LogP) is 6.46. The first kappa shape index (κ1) is 25.8. The van der Waals surface area contributed by atoms with Crippen LogP contribution in [0.3, 0.4) is 0 Å². The average molecular weight is 542 g/mol. The number of anilines is 1. The molecule has 0 saturated carbocycles. The second kappa shape index (κ2) is 11.3. The maximum absolute atomic E-state index is 13.3. The number of aryl methyl sites for hydroxylation is 1. The van der Waals surface area contributed by atoms with Gasteiger partial charge in [-0.25, -0.2) is 19.5 Å². The zero-order valence-corrected chi connectivity index (χ0v) is 23.0. The summed E-state index contributed by atoms with van der Waals surface area (Å²) in [5, 5.41) is 6.24. The quantitative estimate of drug-likeness (QED) is 0.179. The molecule has 0 saturated heterocycles. The molecule has 0 fully saturated rings. The molecule has 1 unspecified atom stereocenters. The van der Waals surface area contributed by atoms with Gasteiger partial charge in [-0.1, -0.05) is 68.1 Å². The van der Waals surface area contributed by atoms with Gasteiger partial charge in [-0.2, -0.15) is 0 Å². The first-order valence-corrected chi connectivity index (χ1v) is 14.2. The van der Waals surface area contributed by atoms with Crippen molar-refractivity contribution in [3.8, 4) is 17.1 Å². The van der Waals surface area contributed by atoms with Crippen LogP contribution >= 0.6 is 23.1 Å². The molecular weight excluding hydrogens is 514 g/mol. The number of fused-ring (bicyclic) bond motifs is 1. The molecule has 3 aromatic heterocycles. The summed E-state index contributed by atoms with van der Waals surface area (Å²) in [6.45, 7) is 6.33. The first-order chi connectivity index (χ1) is 18.4. The molecule has 1 atom stereocenters. The molecule has 38 heavy (non-hydrogen) atoms. The van der Waals surface area contributed by atoms with Crippen LogP contribution in [-0.4, -0.2) is 31.2 Å². The topological polar surface area (TPSA) is 89.8 Å². The number of nitrogens with one attached hydrogen (secondary N) is 1. The second-order valence-corrected chi connectivity index (χ2v) is 10.9. The normalized spacial score (nSPS) is 12.0. The number of para-hydroxylation sites is 1. The van der Waals surface area contributed by atoms with Gasteiger partial charge < -0.3 is 5.32 Å². The number of carbonyl (C=O) groups is 1. The molecule has 0 aliphatic heterocycles. The predicted molar refractivity (Wildman–Crippen MR) is 155 cm³/mol. The largest absolute Gasteiger partial charge is 0.301 e. The minimum absolute atomic E-state index is 0.0646. The molecule has 7 nitrogen and oxygen atoms in total. The molecule has 1 amide bonds. The van der Waals surface area contributed by atoms with E-state index in [9.17, 15) is 9.59 Å². The molecule has 0 aliphatic rings. The van der Waals surface area contributed by atoms with E-state index in [2.05, 4.69) is 58.4 Å². The van der Waals surface area contributed by atoms with Crippen LogP contribution in [0.15, 0.2) is 82.2 Å². The van der Waals surface area contributed by atoms with Gasteiger partial charge in [0.2, 0.25) is 5.91 Å². The first-order valence-electron chi connectivity index (χ1n) is 12.4. The Morgan fingerprint density at radius 2 is 1.87 bits per heavy atom. The summed E-state index contributed by atoms with van der Waals surface area (Å²) >= 11 is 2.57. The van der Waals surface area contributed by atoms with Gasteiger partial charge in [0.05, 0.1) is 22.3 Å². The summed E-state index contributed by atoms with van der Waals surface area (Å²) in [7, 11) is 0. The third-order valence-electron chi connectivity index (χ3n) is 6.34. The fraction of sp³-hybridized carbons (Fsp3) is 0.207. The third-order valence-corrected chi connectivity index (χ3v) is 8.04. The summed E-state index contributed by atoms with van der Waals surface area (Å²) in [5.74, 6) is 0.816. The minimum Gasteiger partial charge on any atom is -0.301 e.